The SMILES string of the molecule is C[C@@H]1Cc2ccc(Cl)cc2-c2cc(=O)n(C(C[C@H](C)OC(F)F)C(=O)Cc3ccc(C(N)=O)cc3)cc2CO1. The number of hydrogen-bond donors (Lipinski definition) is 1. The standard InChI is InChI=1S/C29H29ClF2N2O5/c1-16-9-20-7-8-22(30)12-23(20)24-13-27(36)34(14-21(24)15-38-16)25(10-17(2)39-29(31)32)26(35)11-18-3-5-19(6-4-18)28(33)37/h3-8,12-14,16-17,25,29H,9-11,15H2,1-2H3,(H2,33,37)/t16-,17+,25?/m1/s1. The molecule has 1 aliphatic heterocycles. The van der Waals surface area contributed by atoms with Gasteiger partial charge in [0.1, 0.15) is 0 Å². The molecule has 1 aromatic heterocycles. The van der Waals surface area contributed by atoms with Crippen molar-refractivity contribution < 1.29 is 27.8 Å². The van der Waals surface area contributed by atoms with Crippen molar-refractivity contribution in [1.82, 2.24) is 4.57 Å². The number of carbonyl (C=O) groups excluding carboxylic acids is 2. The van der Waals surface area contributed by atoms with Crippen molar-refractivity contribution in [2.24, 2.45) is 5.73 Å². The first-order chi connectivity index (χ1) is 18.5. The molecule has 3 atom stereocenters. The Balaban J connectivity index is 1.75. The summed E-state index contributed by atoms with van der Waals surface area (Å²) in [5, 5.41) is 0.520. The number of aromatic nitrogens is 1. The highest BCUT2D eigenvalue weighted by Gasteiger charge is 2.28. The molecule has 2 N–H and O–H groups in total. The minimum absolute atomic E-state index is 0.0966. The number of rotatable bonds is 9. The second kappa shape index (κ2) is 12.2. The van der Waals surface area contributed by atoms with Crippen LogP contribution in [0.25, 0.3) is 11.1 Å². The fourth-order valence-corrected chi connectivity index (χ4v) is 5.00. The highest BCUT2D eigenvalue weighted by molar-refractivity contribution is 6.30. The van der Waals surface area contributed by atoms with E-state index in [1.807, 2.05) is 13.0 Å². The molecule has 39 heavy (non-hydrogen) atoms. The van der Waals surface area contributed by atoms with Gasteiger partial charge in [0, 0.05) is 41.3 Å². The van der Waals surface area contributed by atoms with Gasteiger partial charge in [0.25, 0.3) is 5.56 Å². The molecule has 0 aliphatic carbocycles. The third-order valence-electron chi connectivity index (χ3n) is 6.77. The quantitative estimate of drug-likeness (QED) is 0.394. The summed E-state index contributed by atoms with van der Waals surface area (Å²) in [5.74, 6) is -0.979. The molecule has 0 spiro atoms. The molecule has 2 aromatic carbocycles. The van der Waals surface area contributed by atoms with Gasteiger partial charge in [0.15, 0.2) is 5.78 Å². The van der Waals surface area contributed by atoms with Gasteiger partial charge in [0.05, 0.1) is 24.9 Å². The minimum Gasteiger partial charge on any atom is -0.373 e. The zero-order valence-corrected chi connectivity index (χ0v) is 22.3. The van der Waals surface area contributed by atoms with E-state index in [0.717, 1.165) is 11.1 Å². The summed E-state index contributed by atoms with van der Waals surface area (Å²) in [6.07, 6.45) is 0.822. The Hall–Kier alpha value is -3.40. The van der Waals surface area contributed by atoms with E-state index in [9.17, 15) is 23.2 Å². The summed E-state index contributed by atoms with van der Waals surface area (Å²) in [7, 11) is 0. The molecule has 3 aromatic rings. The summed E-state index contributed by atoms with van der Waals surface area (Å²) >= 11 is 6.28. The maximum absolute atomic E-state index is 13.5. The molecule has 1 amide bonds. The molecule has 1 unspecified atom stereocenters. The fourth-order valence-electron chi connectivity index (χ4n) is 4.83. The number of alkyl halides is 2. The van der Waals surface area contributed by atoms with Crippen molar-refractivity contribution in [3.05, 3.63) is 92.4 Å². The predicted octanol–water partition coefficient (Wildman–Crippen LogP) is 5.10. The molecule has 0 radical (unpaired) electrons. The van der Waals surface area contributed by atoms with Crippen LogP contribution in [0.2, 0.25) is 5.02 Å². The number of benzene rings is 2. The Kier molecular flexibility index (Phi) is 8.94. The Bertz CT molecular complexity index is 1420. The van der Waals surface area contributed by atoms with Crippen LogP contribution in [0.4, 0.5) is 8.78 Å². The summed E-state index contributed by atoms with van der Waals surface area (Å²) in [5.41, 5.74) is 8.77. The number of nitrogens with two attached hydrogens (primary N) is 1. The summed E-state index contributed by atoms with van der Waals surface area (Å²) < 4.78 is 37.8. The molecule has 4 rings (SSSR count). The van der Waals surface area contributed by atoms with Crippen LogP contribution in [0.1, 0.15) is 53.4 Å². The molecular formula is C29H29ClF2N2O5. The topological polar surface area (TPSA) is 101 Å². The monoisotopic (exact) mass is 558 g/mol. The molecule has 1 aliphatic rings. The highest BCUT2D eigenvalue weighted by atomic mass is 35.5. The van der Waals surface area contributed by atoms with E-state index in [2.05, 4.69) is 4.74 Å². The van der Waals surface area contributed by atoms with Gasteiger partial charge < -0.3 is 19.8 Å². The van der Waals surface area contributed by atoms with E-state index in [1.54, 1.807) is 30.5 Å². The van der Waals surface area contributed by atoms with Crippen LogP contribution in [0.5, 0.6) is 0 Å². The number of hydrogen-bond acceptors (Lipinski definition) is 5. The lowest BCUT2D eigenvalue weighted by atomic mass is 9.92. The van der Waals surface area contributed by atoms with Crippen molar-refractivity contribution in [2.45, 2.75) is 64.6 Å². The van der Waals surface area contributed by atoms with Gasteiger partial charge in [-0.15, -0.1) is 0 Å². The van der Waals surface area contributed by atoms with Crippen LogP contribution in [-0.2, 0) is 33.7 Å². The van der Waals surface area contributed by atoms with Crippen LogP contribution in [0, 0.1) is 0 Å². The first-order valence-corrected chi connectivity index (χ1v) is 12.9. The van der Waals surface area contributed by atoms with Crippen molar-refractivity contribution in [2.75, 3.05) is 0 Å². The lowest BCUT2D eigenvalue weighted by Gasteiger charge is -2.26. The lowest BCUT2D eigenvalue weighted by Crippen LogP contribution is -2.34. The highest BCUT2D eigenvalue weighted by Crippen LogP contribution is 2.33. The lowest BCUT2D eigenvalue weighted by molar-refractivity contribution is -0.162. The Morgan fingerprint density at radius 2 is 1.82 bits per heavy atom. The van der Waals surface area contributed by atoms with Crippen LogP contribution in [0.15, 0.2) is 59.5 Å². The minimum atomic E-state index is -3.03. The number of halogens is 3. The smallest absolute Gasteiger partial charge is 0.345 e. The van der Waals surface area contributed by atoms with Crippen LogP contribution in [-0.4, -0.2) is 35.1 Å². The van der Waals surface area contributed by atoms with E-state index in [1.165, 1.54) is 29.7 Å². The number of ketones is 1. The number of amides is 1. The third kappa shape index (κ3) is 6.98. The Morgan fingerprint density at radius 3 is 2.49 bits per heavy atom. The van der Waals surface area contributed by atoms with E-state index in [-0.39, 0.29) is 36.9 Å². The maximum Gasteiger partial charge on any atom is 0.345 e. The first kappa shape index (κ1) is 28.6. The van der Waals surface area contributed by atoms with Crippen molar-refractivity contribution in [3.8, 4) is 11.1 Å². The molecule has 0 fully saturated rings. The molecule has 7 nitrogen and oxygen atoms in total. The molecule has 2 heterocycles. The zero-order chi connectivity index (χ0) is 28.3. The van der Waals surface area contributed by atoms with Crippen LogP contribution in [0.3, 0.4) is 0 Å². The largest absolute Gasteiger partial charge is 0.373 e. The predicted molar refractivity (Wildman–Crippen MR) is 143 cm³/mol. The van der Waals surface area contributed by atoms with Crippen LogP contribution < -0.4 is 11.3 Å². The van der Waals surface area contributed by atoms with Gasteiger partial charge in [-0.3, -0.25) is 14.4 Å². The third-order valence-corrected chi connectivity index (χ3v) is 7.01. The van der Waals surface area contributed by atoms with Crippen molar-refractivity contribution in [1.29, 1.82) is 0 Å². The average molecular weight is 559 g/mol. The van der Waals surface area contributed by atoms with Gasteiger partial charge in [0.2, 0.25) is 5.91 Å². The molecule has 0 bridgehead atoms. The van der Waals surface area contributed by atoms with E-state index in [4.69, 9.17) is 22.1 Å². The number of carbonyl (C=O) groups is 2. The molecule has 206 valence electrons. The van der Waals surface area contributed by atoms with E-state index >= 15 is 0 Å². The number of primary amides is 1. The molecular weight excluding hydrogens is 530 g/mol. The first-order valence-electron chi connectivity index (χ1n) is 12.5. The maximum atomic E-state index is 13.5. The van der Waals surface area contributed by atoms with Crippen LogP contribution >= 0.6 is 11.6 Å². The number of nitrogens with zero attached hydrogens (tertiary/aromatic N) is 1. The number of pyridine rings is 1. The number of Topliss-reactive ketones (excluding diaryl/α,β-unsaturated/α-hetero) is 1. The van der Waals surface area contributed by atoms with E-state index in [0.29, 0.717) is 28.1 Å². The van der Waals surface area contributed by atoms with Gasteiger partial charge in [-0.05, 0) is 66.8 Å². The number of ether oxygens (including phenoxy) is 2. The number of fused-ring (bicyclic) bond motifs is 3. The second-order valence-electron chi connectivity index (χ2n) is 9.75. The Labute approximate surface area is 229 Å². The molecule has 0 saturated heterocycles. The van der Waals surface area contributed by atoms with Gasteiger partial charge >= 0.3 is 6.61 Å². The fraction of sp³-hybridized carbons (Fsp3) is 0.345. The molecule has 10 heteroatoms. The average Bonchev–Trinajstić information content (AvgIpc) is 2.86. The van der Waals surface area contributed by atoms with E-state index < -0.39 is 30.2 Å². The van der Waals surface area contributed by atoms with Gasteiger partial charge in [-0.2, -0.15) is 8.78 Å². The zero-order valence-electron chi connectivity index (χ0n) is 21.5. The van der Waals surface area contributed by atoms with Gasteiger partial charge in [-0.25, -0.2) is 0 Å². The summed E-state index contributed by atoms with van der Waals surface area (Å²) in [4.78, 5) is 38.4. The normalized spacial score (nSPS) is 16.5. The van der Waals surface area contributed by atoms with Gasteiger partial charge in [-0.1, -0.05) is 29.8 Å². The van der Waals surface area contributed by atoms with Crippen molar-refractivity contribution >= 4 is 23.3 Å². The molecule has 0 saturated carbocycles. The summed E-state index contributed by atoms with van der Waals surface area (Å²) in [6.45, 7) is 0.524. The summed E-state index contributed by atoms with van der Waals surface area (Å²) in [6, 6.07) is 12.0. The van der Waals surface area contributed by atoms with Crippen molar-refractivity contribution in [3.63, 3.8) is 0 Å². The Morgan fingerprint density at radius 1 is 1.13 bits per heavy atom. The second-order valence-corrected chi connectivity index (χ2v) is 10.2.